The van der Waals surface area contributed by atoms with Gasteiger partial charge in [0, 0.05) is 31.0 Å². The fourth-order valence-corrected chi connectivity index (χ4v) is 2.22. The number of benzene rings is 1. The van der Waals surface area contributed by atoms with E-state index in [0.29, 0.717) is 18.8 Å². The van der Waals surface area contributed by atoms with E-state index in [1.54, 1.807) is 26.7 Å². The summed E-state index contributed by atoms with van der Waals surface area (Å²) in [6, 6.07) is 5.05. The van der Waals surface area contributed by atoms with Gasteiger partial charge in [-0.15, -0.1) is 0 Å². The Morgan fingerprint density at radius 1 is 1.35 bits per heavy atom. The largest absolute Gasteiger partial charge is 0.497 e. The second-order valence-corrected chi connectivity index (χ2v) is 5.03. The lowest BCUT2D eigenvalue weighted by molar-refractivity contribution is 0.237. The zero-order valence-electron chi connectivity index (χ0n) is 13.6. The molecule has 0 aliphatic carbocycles. The minimum atomic E-state index is -0.234. The normalized spacial score (nSPS) is 11.6. The molecule has 1 atom stereocenters. The van der Waals surface area contributed by atoms with Gasteiger partial charge in [0.05, 0.1) is 26.6 Å². The first kappa shape index (κ1) is 16.7. The maximum Gasteiger partial charge on any atom is 0.315 e. The molecule has 2 rings (SSSR count). The summed E-state index contributed by atoms with van der Waals surface area (Å²) in [6.07, 6.45) is 5.27. The molecule has 1 heterocycles. The first-order valence-electron chi connectivity index (χ1n) is 7.36. The molecular formula is C16H22N4O3. The quantitative estimate of drug-likeness (QED) is 0.818. The summed E-state index contributed by atoms with van der Waals surface area (Å²) in [5.41, 5.74) is 0.858. The molecule has 23 heavy (non-hydrogen) atoms. The number of ether oxygens (including phenoxy) is 2. The molecular weight excluding hydrogens is 296 g/mol. The van der Waals surface area contributed by atoms with E-state index in [4.69, 9.17) is 9.47 Å². The number of aromatic nitrogens is 2. The molecule has 124 valence electrons. The second kappa shape index (κ2) is 8.07. The van der Waals surface area contributed by atoms with Gasteiger partial charge in [-0.3, -0.25) is 0 Å². The molecule has 1 aromatic carbocycles. The van der Waals surface area contributed by atoms with Crippen molar-refractivity contribution in [3.05, 3.63) is 42.5 Å². The van der Waals surface area contributed by atoms with Gasteiger partial charge in [0.15, 0.2) is 0 Å². The molecule has 7 nitrogen and oxygen atoms in total. The van der Waals surface area contributed by atoms with Crippen molar-refractivity contribution in [3.63, 3.8) is 0 Å². The van der Waals surface area contributed by atoms with Crippen molar-refractivity contribution in [2.45, 2.75) is 19.5 Å². The number of hydrogen-bond donors (Lipinski definition) is 2. The fourth-order valence-electron chi connectivity index (χ4n) is 2.22. The molecule has 2 amide bonds. The zero-order chi connectivity index (χ0) is 16.7. The second-order valence-electron chi connectivity index (χ2n) is 5.03. The van der Waals surface area contributed by atoms with Gasteiger partial charge in [-0.2, -0.15) is 0 Å². The van der Waals surface area contributed by atoms with Crippen LogP contribution in [0, 0.1) is 0 Å². The Labute approximate surface area is 135 Å². The molecule has 2 N–H and O–H groups in total. The van der Waals surface area contributed by atoms with Crippen LogP contribution in [0.1, 0.15) is 18.5 Å². The van der Waals surface area contributed by atoms with Gasteiger partial charge >= 0.3 is 6.03 Å². The predicted molar refractivity (Wildman–Crippen MR) is 86.7 cm³/mol. The maximum absolute atomic E-state index is 12.0. The highest BCUT2D eigenvalue weighted by molar-refractivity contribution is 5.74. The van der Waals surface area contributed by atoms with E-state index < -0.39 is 0 Å². The van der Waals surface area contributed by atoms with Crippen molar-refractivity contribution in [2.75, 3.05) is 20.8 Å². The van der Waals surface area contributed by atoms with Crippen LogP contribution < -0.4 is 20.1 Å². The number of carbonyl (C=O) groups is 1. The number of carbonyl (C=O) groups excluding carboxylic acids is 1. The third kappa shape index (κ3) is 4.64. The Balaban J connectivity index is 1.90. The number of urea groups is 1. The van der Waals surface area contributed by atoms with Crippen molar-refractivity contribution < 1.29 is 14.3 Å². The average Bonchev–Trinajstić information content (AvgIpc) is 3.07. The summed E-state index contributed by atoms with van der Waals surface area (Å²) in [6.45, 7) is 3.08. The smallest absolute Gasteiger partial charge is 0.315 e. The highest BCUT2D eigenvalue weighted by atomic mass is 16.5. The van der Waals surface area contributed by atoms with Gasteiger partial charge in [-0.25, -0.2) is 9.78 Å². The van der Waals surface area contributed by atoms with Gasteiger partial charge < -0.3 is 24.7 Å². The number of amides is 2. The van der Waals surface area contributed by atoms with Crippen LogP contribution >= 0.6 is 0 Å². The third-order valence-electron chi connectivity index (χ3n) is 3.47. The van der Waals surface area contributed by atoms with Crippen LogP contribution in [0.25, 0.3) is 0 Å². The van der Waals surface area contributed by atoms with Crippen molar-refractivity contribution in [2.24, 2.45) is 0 Å². The minimum absolute atomic E-state index is 0.215. The number of nitrogens with zero attached hydrogens (tertiary/aromatic N) is 2. The van der Waals surface area contributed by atoms with Crippen molar-refractivity contribution >= 4 is 6.03 Å². The van der Waals surface area contributed by atoms with E-state index >= 15 is 0 Å². The zero-order valence-corrected chi connectivity index (χ0v) is 13.6. The van der Waals surface area contributed by atoms with E-state index in [9.17, 15) is 4.79 Å². The van der Waals surface area contributed by atoms with E-state index in [1.165, 1.54) is 0 Å². The number of hydrogen-bond acceptors (Lipinski definition) is 4. The lowest BCUT2D eigenvalue weighted by Crippen LogP contribution is -2.38. The molecule has 0 saturated heterocycles. The van der Waals surface area contributed by atoms with Crippen LogP contribution in [-0.4, -0.2) is 36.3 Å². The van der Waals surface area contributed by atoms with Crippen LogP contribution in [-0.2, 0) is 6.54 Å². The fraction of sp³-hybridized carbons (Fsp3) is 0.375. The van der Waals surface area contributed by atoms with Crippen LogP contribution in [0.15, 0.2) is 36.9 Å². The molecule has 0 aliphatic heterocycles. The molecule has 7 heteroatoms. The molecule has 0 radical (unpaired) electrons. The standard InChI is InChI=1S/C16H22N4O3/c1-12(14-10-13(22-2)4-5-15(14)23-3)19-16(21)18-7-9-20-8-6-17-11-20/h4-6,8,10-12H,7,9H2,1-3H3,(H2,18,19,21)/t12-/m0/s1. The number of nitrogens with one attached hydrogen (secondary N) is 2. The van der Waals surface area contributed by atoms with Crippen LogP contribution in [0.5, 0.6) is 11.5 Å². The Bertz CT molecular complexity index is 628. The van der Waals surface area contributed by atoms with Crippen LogP contribution in [0.2, 0.25) is 0 Å². The lowest BCUT2D eigenvalue weighted by atomic mass is 10.1. The van der Waals surface area contributed by atoms with Crippen LogP contribution in [0.4, 0.5) is 4.79 Å². The average molecular weight is 318 g/mol. The molecule has 0 unspecified atom stereocenters. The van der Waals surface area contributed by atoms with E-state index in [1.807, 2.05) is 35.9 Å². The first-order chi connectivity index (χ1) is 11.1. The number of rotatable bonds is 7. The monoisotopic (exact) mass is 318 g/mol. The van der Waals surface area contributed by atoms with Gasteiger partial charge in [-0.1, -0.05) is 0 Å². The highest BCUT2D eigenvalue weighted by Crippen LogP contribution is 2.29. The topological polar surface area (TPSA) is 77.4 Å². The molecule has 1 aromatic heterocycles. The lowest BCUT2D eigenvalue weighted by Gasteiger charge is -2.18. The maximum atomic E-state index is 12.0. The van der Waals surface area contributed by atoms with Gasteiger partial charge in [-0.05, 0) is 25.1 Å². The molecule has 0 saturated carbocycles. The Morgan fingerprint density at radius 2 is 2.17 bits per heavy atom. The minimum Gasteiger partial charge on any atom is -0.497 e. The summed E-state index contributed by atoms with van der Waals surface area (Å²) in [7, 11) is 3.20. The number of methoxy groups -OCH3 is 2. The van der Waals surface area contributed by atoms with Crippen LogP contribution in [0.3, 0.4) is 0 Å². The highest BCUT2D eigenvalue weighted by Gasteiger charge is 2.15. The Kier molecular flexibility index (Phi) is 5.85. The molecule has 0 fully saturated rings. The van der Waals surface area contributed by atoms with Gasteiger partial charge in [0.25, 0.3) is 0 Å². The SMILES string of the molecule is COc1ccc(OC)c([C@H](C)NC(=O)NCCn2ccnc2)c1. The first-order valence-corrected chi connectivity index (χ1v) is 7.36. The summed E-state index contributed by atoms with van der Waals surface area (Å²) >= 11 is 0. The van der Waals surface area contributed by atoms with Crippen molar-refractivity contribution in [3.8, 4) is 11.5 Å². The van der Waals surface area contributed by atoms with Gasteiger partial charge in [0.1, 0.15) is 11.5 Å². The molecule has 0 aliphatic rings. The summed E-state index contributed by atoms with van der Waals surface area (Å²) in [5.74, 6) is 1.42. The van der Waals surface area contributed by atoms with Gasteiger partial charge in [0.2, 0.25) is 0 Å². The summed E-state index contributed by atoms with van der Waals surface area (Å²) < 4.78 is 12.5. The van der Waals surface area contributed by atoms with E-state index in [-0.39, 0.29) is 12.1 Å². The third-order valence-corrected chi connectivity index (χ3v) is 3.47. The number of imidazole rings is 1. The molecule has 0 spiro atoms. The summed E-state index contributed by atoms with van der Waals surface area (Å²) in [5, 5.41) is 5.71. The predicted octanol–water partition coefficient (Wildman–Crippen LogP) is 1.96. The summed E-state index contributed by atoms with van der Waals surface area (Å²) in [4.78, 5) is 15.9. The Hall–Kier alpha value is -2.70. The molecule has 0 bridgehead atoms. The van der Waals surface area contributed by atoms with Crippen molar-refractivity contribution in [1.82, 2.24) is 20.2 Å². The van der Waals surface area contributed by atoms with E-state index in [0.717, 1.165) is 11.3 Å². The molecule has 2 aromatic rings. The van der Waals surface area contributed by atoms with E-state index in [2.05, 4.69) is 15.6 Å². The van der Waals surface area contributed by atoms with Crippen molar-refractivity contribution in [1.29, 1.82) is 0 Å². The Morgan fingerprint density at radius 3 is 2.83 bits per heavy atom.